The fourth-order valence-electron chi connectivity index (χ4n) is 4.02. The molecule has 0 radical (unpaired) electrons. The van der Waals surface area contributed by atoms with Crippen molar-refractivity contribution in [3.63, 3.8) is 0 Å². The molecule has 1 aliphatic carbocycles. The van der Waals surface area contributed by atoms with Crippen molar-refractivity contribution >= 4 is 5.97 Å². The largest absolute Gasteiger partial charge is 0.458 e. The van der Waals surface area contributed by atoms with Gasteiger partial charge in [0.05, 0.1) is 20.1 Å². The number of nitrogens with zero attached hydrogens (tertiary/aromatic N) is 1. The molecule has 0 amide bonds. The van der Waals surface area contributed by atoms with E-state index in [1.165, 1.54) is 25.7 Å². The van der Waals surface area contributed by atoms with Crippen LogP contribution in [-0.2, 0) is 9.53 Å². The van der Waals surface area contributed by atoms with Crippen molar-refractivity contribution in [1.29, 1.82) is 0 Å². The molecule has 20 heavy (non-hydrogen) atoms. The molecule has 1 unspecified atom stereocenters. The molecular weight excluding hydrogens is 250 g/mol. The Labute approximate surface area is 124 Å². The first-order valence-electron chi connectivity index (χ1n) is 8.43. The number of esters is 1. The minimum absolute atomic E-state index is 0.0270. The second-order valence-electron chi connectivity index (χ2n) is 7.79. The highest BCUT2D eigenvalue weighted by molar-refractivity contribution is 5.70. The van der Waals surface area contributed by atoms with E-state index in [1.54, 1.807) is 0 Å². The summed E-state index contributed by atoms with van der Waals surface area (Å²) in [5.74, 6) is 1.88. The van der Waals surface area contributed by atoms with Gasteiger partial charge in [-0.25, -0.2) is 4.79 Å². The predicted octanol–water partition coefficient (Wildman–Crippen LogP) is 3.23. The standard InChI is InChI=1S/C17H32NO2/c1-13(2)15-8-7-14(3)11-16(15)20-17(19)12-18(4)9-5-6-10-18/h13-16H,5-12H2,1-4H3/q+1/t14?,15-,16+/m0/s1. The Morgan fingerprint density at radius 2 is 1.90 bits per heavy atom. The lowest BCUT2D eigenvalue weighted by Gasteiger charge is -2.37. The van der Waals surface area contributed by atoms with Gasteiger partial charge in [-0.15, -0.1) is 0 Å². The number of likely N-dealkylation sites (N-methyl/N-ethyl adjacent to an activating group) is 1. The number of ether oxygens (including phenoxy) is 1. The molecule has 2 rings (SSSR count). The molecule has 1 aliphatic heterocycles. The summed E-state index contributed by atoms with van der Waals surface area (Å²) >= 11 is 0. The van der Waals surface area contributed by atoms with E-state index in [0.717, 1.165) is 24.0 Å². The summed E-state index contributed by atoms with van der Waals surface area (Å²) < 4.78 is 6.79. The van der Waals surface area contributed by atoms with Gasteiger partial charge in [-0.2, -0.15) is 0 Å². The minimum atomic E-state index is 0.0270. The van der Waals surface area contributed by atoms with Crippen LogP contribution in [0.4, 0.5) is 0 Å². The van der Waals surface area contributed by atoms with Crippen LogP contribution in [0.1, 0.15) is 52.9 Å². The van der Waals surface area contributed by atoms with Crippen molar-refractivity contribution in [3.05, 3.63) is 0 Å². The SMILES string of the molecule is CC1CC[C@@H](C(C)C)[C@H](OC(=O)C[N+]2(C)CCCC2)C1. The van der Waals surface area contributed by atoms with E-state index >= 15 is 0 Å². The maximum atomic E-state index is 12.3. The van der Waals surface area contributed by atoms with Gasteiger partial charge in [0.25, 0.3) is 0 Å². The van der Waals surface area contributed by atoms with Gasteiger partial charge in [0, 0.05) is 12.8 Å². The molecule has 0 spiro atoms. The summed E-state index contributed by atoms with van der Waals surface area (Å²) in [6, 6.07) is 0. The Balaban J connectivity index is 1.90. The maximum Gasteiger partial charge on any atom is 0.362 e. The summed E-state index contributed by atoms with van der Waals surface area (Å²) in [5, 5.41) is 0. The average molecular weight is 282 g/mol. The highest BCUT2D eigenvalue weighted by Gasteiger charge is 2.36. The highest BCUT2D eigenvalue weighted by Crippen LogP contribution is 2.35. The molecule has 3 nitrogen and oxygen atoms in total. The predicted molar refractivity (Wildman–Crippen MR) is 81.2 cm³/mol. The van der Waals surface area contributed by atoms with Crippen molar-refractivity contribution in [2.24, 2.45) is 17.8 Å². The van der Waals surface area contributed by atoms with Gasteiger partial charge in [0.15, 0.2) is 6.54 Å². The Morgan fingerprint density at radius 1 is 1.25 bits per heavy atom. The Morgan fingerprint density at radius 3 is 2.50 bits per heavy atom. The van der Waals surface area contributed by atoms with Crippen LogP contribution < -0.4 is 0 Å². The van der Waals surface area contributed by atoms with Gasteiger partial charge < -0.3 is 9.22 Å². The van der Waals surface area contributed by atoms with Crippen LogP contribution >= 0.6 is 0 Å². The molecule has 1 saturated carbocycles. The second kappa shape index (κ2) is 6.46. The molecule has 0 aromatic carbocycles. The molecule has 2 fully saturated rings. The summed E-state index contributed by atoms with van der Waals surface area (Å²) in [4.78, 5) is 12.3. The van der Waals surface area contributed by atoms with Crippen LogP contribution in [0.25, 0.3) is 0 Å². The van der Waals surface area contributed by atoms with Crippen molar-refractivity contribution < 1.29 is 14.0 Å². The normalized spacial score (nSPS) is 33.4. The van der Waals surface area contributed by atoms with Gasteiger partial charge in [0.2, 0.25) is 0 Å². The number of hydrogen-bond acceptors (Lipinski definition) is 2. The monoisotopic (exact) mass is 282 g/mol. The van der Waals surface area contributed by atoms with E-state index in [9.17, 15) is 4.79 Å². The van der Waals surface area contributed by atoms with E-state index < -0.39 is 0 Å². The van der Waals surface area contributed by atoms with Crippen LogP contribution in [0.5, 0.6) is 0 Å². The van der Waals surface area contributed by atoms with E-state index in [1.807, 2.05) is 0 Å². The van der Waals surface area contributed by atoms with Crippen molar-refractivity contribution in [1.82, 2.24) is 0 Å². The smallest absolute Gasteiger partial charge is 0.362 e. The first-order chi connectivity index (χ1) is 9.39. The van der Waals surface area contributed by atoms with Gasteiger partial charge >= 0.3 is 5.97 Å². The number of hydrogen-bond donors (Lipinski definition) is 0. The topological polar surface area (TPSA) is 26.3 Å². The molecule has 0 aromatic heterocycles. The first kappa shape index (κ1) is 15.8. The molecule has 1 heterocycles. The zero-order valence-electron chi connectivity index (χ0n) is 13.7. The molecule has 2 aliphatic rings. The van der Waals surface area contributed by atoms with Crippen molar-refractivity contribution in [2.45, 2.75) is 59.0 Å². The van der Waals surface area contributed by atoms with Crippen LogP contribution in [-0.4, -0.2) is 43.2 Å². The molecule has 3 heteroatoms. The van der Waals surface area contributed by atoms with Crippen molar-refractivity contribution in [2.75, 3.05) is 26.7 Å². The maximum absolute atomic E-state index is 12.3. The average Bonchev–Trinajstić information content (AvgIpc) is 2.74. The Kier molecular flexibility index (Phi) is 5.11. The number of quaternary nitrogens is 1. The van der Waals surface area contributed by atoms with Gasteiger partial charge in [-0.1, -0.05) is 27.2 Å². The molecule has 3 atom stereocenters. The number of likely N-dealkylation sites (tertiary alicyclic amines) is 1. The molecular formula is C17H32NO2+. The number of rotatable bonds is 4. The quantitative estimate of drug-likeness (QED) is 0.584. The lowest BCUT2D eigenvalue weighted by Crippen LogP contribution is -2.47. The summed E-state index contributed by atoms with van der Waals surface area (Å²) in [7, 11) is 2.19. The van der Waals surface area contributed by atoms with E-state index in [2.05, 4.69) is 27.8 Å². The third-order valence-electron chi connectivity index (χ3n) is 5.40. The number of carbonyl (C=O) groups is 1. The summed E-state index contributed by atoms with van der Waals surface area (Å²) in [6.07, 6.45) is 6.20. The first-order valence-corrected chi connectivity index (χ1v) is 8.43. The lowest BCUT2D eigenvalue weighted by atomic mass is 9.75. The highest BCUT2D eigenvalue weighted by atomic mass is 16.5. The third kappa shape index (κ3) is 3.97. The summed E-state index contributed by atoms with van der Waals surface area (Å²) in [5.41, 5.74) is 0. The zero-order valence-corrected chi connectivity index (χ0v) is 13.7. The molecule has 0 aromatic rings. The van der Waals surface area contributed by atoms with E-state index in [4.69, 9.17) is 4.74 Å². The van der Waals surface area contributed by atoms with Crippen LogP contribution in [0, 0.1) is 17.8 Å². The second-order valence-corrected chi connectivity index (χ2v) is 7.79. The Hall–Kier alpha value is -0.570. The molecule has 116 valence electrons. The minimum Gasteiger partial charge on any atom is -0.458 e. The lowest BCUT2D eigenvalue weighted by molar-refractivity contribution is -0.890. The zero-order chi connectivity index (χ0) is 14.8. The van der Waals surface area contributed by atoms with Crippen LogP contribution in [0.15, 0.2) is 0 Å². The van der Waals surface area contributed by atoms with E-state index in [-0.39, 0.29) is 12.1 Å². The Bertz CT molecular complexity index is 334. The van der Waals surface area contributed by atoms with E-state index in [0.29, 0.717) is 24.3 Å². The van der Waals surface area contributed by atoms with Crippen molar-refractivity contribution in [3.8, 4) is 0 Å². The summed E-state index contributed by atoms with van der Waals surface area (Å²) in [6.45, 7) is 9.63. The molecule has 1 saturated heterocycles. The molecule has 0 N–H and O–H groups in total. The fraction of sp³-hybridized carbons (Fsp3) is 0.941. The van der Waals surface area contributed by atoms with Gasteiger partial charge in [-0.05, 0) is 30.6 Å². The molecule has 0 bridgehead atoms. The van der Waals surface area contributed by atoms with Gasteiger partial charge in [-0.3, -0.25) is 0 Å². The number of carbonyl (C=O) groups excluding carboxylic acids is 1. The van der Waals surface area contributed by atoms with Crippen LogP contribution in [0.2, 0.25) is 0 Å². The van der Waals surface area contributed by atoms with Gasteiger partial charge in [0.1, 0.15) is 6.10 Å². The third-order valence-corrected chi connectivity index (χ3v) is 5.40. The fourth-order valence-corrected chi connectivity index (χ4v) is 4.02. The van der Waals surface area contributed by atoms with Crippen LogP contribution in [0.3, 0.4) is 0 Å².